The first-order chi connectivity index (χ1) is 10.9. The van der Waals surface area contributed by atoms with E-state index >= 15 is 0 Å². The molecule has 0 aromatic heterocycles. The Labute approximate surface area is 138 Å². The highest BCUT2D eigenvalue weighted by molar-refractivity contribution is 5.91. The molecule has 0 unspecified atom stereocenters. The van der Waals surface area contributed by atoms with E-state index in [1.807, 2.05) is 0 Å². The van der Waals surface area contributed by atoms with Gasteiger partial charge in [-0.1, -0.05) is 54.6 Å². The maximum Gasteiger partial charge on any atom is 0.0724 e. The third-order valence-electron chi connectivity index (χ3n) is 4.11. The van der Waals surface area contributed by atoms with Crippen molar-refractivity contribution in [1.82, 2.24) is 0 Å². The summed E-state index contributed by atoms with van der Waals surface area (Å²) in [6, 6.07) is 21.6. The van der Waals surface area contributed by atoms with Crippen molar-refractivity contribution in [2.45, 2.75) is 39.9 Å². The van der Waals surface area contributed by atoms with Gasteiger partial charge in [0.25, 0.3) is 0 Å². The minimum Gasteiger partial charge on any atom is -0.371 e. The molecular formula is C22H24O. The molecule has 3 aromatic rings. The Morgan fingerprint density at radius 3 is 2.43 bits per heavy atom. The highest BCUT2D eigenvalue weighted by atomic mass is 16.5. The summed E-state index contributed by atoms with van der Waals surface area (Å²) in [5, 5.41) is 2.61. The lowest BCUT2D eigenvalue weighted by Crippen LogP contribution is -2.18. The van der Waals surface area contributed by atoms with E-state index in [1.165, 1.54) is 33.0 Å². The van der Waals surface area contributed by atoms with Crippen LogP contribution in [0, 0.1) is 6.92 Å². The second-order valence-corrected chi connectivity index (χ2v) is 7.06. The molecule has 3 aromatic carbocycles. The van der Waals surface area contributed by atoms with Gasteiger partial charge in [0.15, 0.2) is 0 Å². The molecule has 0 aliphatic heterocycles. The van der Waals surface area contributed by atoms with Crippen LogP contribution in [0.3, 0.4) is 0 Å². The Bertz CT molecular complexity index is 825. The van der Waals surface area contributed by atoms with Crippen molar-refractivity contribution in [2.24, 2.45) is 0 Å². The molecule has 0 spiro atoms. The van der Waals surface area contributed by atoms with Crippen LogP contribution in [0.1, 0.15) is 31.9 Å². The molecule has 23 heavy (non-hydrogen) atoms. The van der Waals surface area contributed by atoms with Gasteiger partial charge in [-0.25, -0.2) is 0 Å². The third kappa shape index (κ3) is 3.62. The second kappa shape index (κ2) is 6.17. The first kappa shape index (κ1) is 15.8. The smallest absolute Gasteiger partial charge is 0.0724 e. The minimum absolute atomic E-state index is 0.116. The predicted octanol–water partition coefficient (Wildman–Crippen LogP) is 6.13. The van der Waals surface area contributed by atoms with Crippen LogP contribution in [0.4, 0.5) is 0 Å². The number of hydrogen-bond acceptors (Lipinski definition) is 1. The predicted molar refractivity (Wildman–Crippen MR) is 98.7 cm³/mol. The molecule has 0 saturated carbocycles. The maximum absolute atomic E-state index is 5.91. The van der Waals surface area contributed by atoms with E-state index in [2.05, 4.69) is 88.4 Å². The van der Waals surface area contributed by atoms with Crippen molar-refractivity contribution in [2.75, 3.05) is 0 Å². The summed E-state index contributed by atoms with van der Waals surface area (Å²) in [6.07, 6.45) is 0. The number of ether oxygens (including phenoxy) is 1. The van der Waals surface area contributed by atoms with Crippen molar-refractivity contribution >= 4 is 10.8 Å². The van der Waals surface area contributed by atoms with Gasteiger partial charge in [0.1, 0.15) is 0 Å². The summed E-state index contributed by atoms with van der Waals surface area (Å²) in [5.74, 6) is 0. The van der Waals surface area contributed by atoms with E-state index in [-0.39, 0.29) is 5.60 Å². The molecule has 0 aliphatic rings. The Morgan fingerprint density at radius 2 is 1.65 bits per heavy atom. The van der Waals surface area contributed by atoms with E-state index in [0.717, 1.165) is 0 Å². The molecule has 0 amide bonds. The second-order valence-electron chi connectivity index (χ2n) is 7.06. The topological polar surface area (TPSA) is 9.23 Å². The number of rotatable bonds is 3. The first-order valence-corrected chi connectivity index (χ1v) is 8.16. The van der Waals surface area contributed by atoms with Crippen molar-refractivity contribution in [3.8, 4) is 11.1 Å². The standard InChI is InChI=1S/C22H24O/c1-16-20-11-6-5-9-18(20)12-13-21(16)19-10-7-8-17(14-19)15-23-22(2,3)4/h5-14H,15H2,1-4H3. The molecular weight excluding hydrogens is 280 g/mol. The average molecular weight is 304 g/mol. The summed E-state index contributed by atoms with van der Waals surface area (Å²) < 4.78 is 5.91. The monoisotopic (exact) mass is 304 g/mol. The van der Waals surface area contributed by atoms with Crippen LogP contribution in [0.15, 0.2) is 60.7 Å². The summed E-state index contributed by atoms with van der Waals surface area (Å²) in [6.45, 7) is 9.11. The highest BCUT2D eigenvalue weighted by Crippen LogP contribution is 2.30. The fraction of sp³-hybridized carbons (Fsp3) is 0.273. The van der Waals surface area contributed by atoms with Crippen molar-refractivity contribution < 1.29 is 4.74 Å². The Hall–Kier alpha value is -2.12. The number of fused-ring (bicyclic) bond motifs is 1. The largest absolute Gasteiger partial charge is 0.371 e. The average Bonchev–Trinajstić information content (AvgIpc) is 2.53. The molecule has 0 atom stereocenters. The van der Waals surface area contributed by atoms with E-state index in [9.17, 15) is 0 Å². The van der Waals surface area contributed by atoms with Crippen molar-refractivity contribution in [3.05, 3.63) is 71.8 Å². The van der Waals surface area contributed by atoms with Crippen molar-refractivity contribution in [3.63, 3.8) is 0 Å². The van der Waals surface area contributed by atoms with Gasteiger partial charge in [-0.15, -0.1) is 0 Å². The van der Waals surface area contributed by atoms with E-state index in [1.54, 1.807) is 0 Å². The van der Waals surface area contributed by atoms with Gasteiger partial charge in [-0.05, 0) is 66.8 Å². The van der Waals surface area contributed by atoms with Gasteiger partial charge >= 0.3 is 0 Å². The lowest BCUT2D eigenvalue weighted by molar-refractivity contribution is -0.0149. The fourth-order valence-corrected chi connectivity index (χ4v) is 2.87. The van der Waals surface area contributed by atoms with E-state index in [4.69, 9.17) is 4.74 Å². The van der Waals surface area contributed by atoms with Gasteiger partial charge in [0.05, 0.1) is 12.2 Å². The summed E-state index contributed by atoms with van der Waals surface area (Å²) in [5.41, 5.74) is 4.97. The Kier molecular flexibility index (Phi) is 4.23. The molecule has 0 saturated heterocycles. The molecule has 1 nitrogen and oxygen atoms in total. The maximum atomic E-state index is 5.91. The lowest BCUT2D eigenvalue weighted by atomic mass is 9.94. The molecule has 0 heterocycles. The summed E-state index contributed by atoms with van der Waals surface area (Å²) in [4.78, 5) is 0. The molecule has 1 heteroatoms. The number of benzene rings is 3. The third-order valence-corrected chi connectivity index (χ3v) is 4.11. The van der Waals surface area contributed by atoms with Gasteiger partial charge in [0, 0.05) is 0 Å². The Morgan fingerprint density at radius 1 is 0.870 bits per heavy atom. The highest BCUT2D eigenvalue weighted by Gasteiger charge is 2.11. The molecule has 0 radical (unpaired) electrons. The van der Waals surface area contributed by atoms with Crippen LogP contribution in [0.5, 0.6) is 0 Å². The van der Waals surface area contributed by atoms with Crippen LogP contribution in [0.2, 0.25) is 0 Å². The summed E-state index contributed by atoms with van der Waals surface area (Å²) in [7, 11) is 0. The van der Waals surface area contributed by atoms with E-state index in [0.29, 0.717) is 6.61 Å². The van der Waals surface area contributed by atoms with Crippen LogP contribution < -0.4 is 0 Å². The minimum atomic E-state index is -0.116. The van der Waals surface area contributed by atoms with Gasteiger partial charge in [-0.2, -0.15) is 0 Å². The molecule has 0 bridgehead atoms. The molecule has 0 aliphatic carbocycles. The quantitative estimate of drug-likeness (QED) is 0.565. The Balaban J connectivity index is 1.97. The van der Waals surface area contributed by atoms with Gasteiger partial charge in [0.2, 0.25) is 0 Å². The fourth-order valence-electron chi connectivity index (χ4n) is 2.87. The van der Waals surface area contributed by atoms with Crippen LogP contribution >= 0.6 is 0 Å². The SMILES string of the molecule is Cc1c(-c2cccc(COC(C)(C)C)c2)ccc2ccccc12. The van der Waals surface area contributed by atoms with Gasteiger partial charge in [-0.3, -0.25) is 0 Å². The number of aryl methyl sites for hydroxylation is 1. The zero-order valence-electron chi connectivity index (χ0n) is 14.4. The molecule has 118 valence electrons. The van der Waals surface area contributed by atoms with Gasteiger partial charge < -0.3 is 4.74 Å². The zero-order chi connectivity index (χ0) is 16.4. The summed E-state index contributed by atoms with van der Waals surface area (Å²) >= 11 is 0. The van der Waals surface area contributed by atoms with Crippen LogP contribution in [-0.4, -0.2) is 5.60 Å². The van der Waals surface area contributed by atoms with Crippen molar-refractivity contribution in [1.29, 1.82) is 0 Å². The zero-order valence-corrected chi connectivity index (χ0v) is 14.4. The lowest BCUT2D eigenvalue weighted by Gasteiger charge is -2.20. The molecule has 3 rings (SSSR count). The normalized spacial score (nSPS) is 11.8. The number of hydrogen-bond donors (Lipinski definition) is 0. The van der Waals surface area contributed by atoms with Crippen LogP contribution in [0.25, 0.3) is 21.9 Å². The molecule has 0 fully saturated rings. The molecule has 0 N–H and O–H groups in total. The first-order valence-electron chi connectivity index (χ1n) is 8.16. The van der Waals surface area contributed by atoms with E-state index < -0.39 is 0 Å². The van der Waals surface area contributed by atoms with Crippen LogP contribution in [-0.2, 0) is 11.3 Å².